The predicted molar refractivity (Wildman–Crippen MR) is 85.2 cm³/mol. The van der Waals surface area contributed by atoms with E-state index in [0.29, 0.717) is 5.92 Å². The van der Waals surface area contributed by atoms with E-state index < -0.39 is 0 Å². The molecule has 0 saturated heterocycles. The van der Waals surface area contributed by atoms with Gasteiger partial charge in [-0.3, -0.25) is 0 Å². The van der Waals surface area contributed by atoms with Crippen LogP contribution >= 0.6 is 11.3 Å². The molecule has 1 aliphatic rings. The van der Waals surface area contributed by atoms with Crippen LogP contribution in [0.15, 0.2) is 24.3 Å². The number of nitrogens with two attached hydrogens (primary N) is 1. The van der Waals surface area contributed by atoms with Crippen molar-refractivity contribution in [3.63, 3.8) is 0 Å². The Kier molecular flexibility index (Phi) is 3.43. The summed E-state index contributed by atoms with van der Waals surface area (Å²) in [5.74, 6) is 0.614. The first-order valence-corrected chi connectivity index (χ1v) is 8.12. The van der Waals surface area contributed by atoms with Gasteiger partial charge in [-0.15, -0.1) is 11.3 Å². The topological polar surface area (TPSA) is 38.9 Å². The van der Waals surface area contributed by atoms with Crippen molar-refractivity contribution in [1.29, 1.82) is 0 Å². The van der Waals surface area contributed by atoms with E-state index in [1.807, 2.05) is 0 Å². The van der Waals surface area contributed by atoms with Crippen molar-refractivity contribution >= 4 is 11.3 Å². The zero-order valence-corrected chi connectivity index (χ0v) is 13.3. The van der Waals surface area contributed by atoms with Crippen molar-refractivity contribution in [1.82, 2.24) is 4.98 Å². The first-order valence-electron chi connectivity index (χ1n) is 7.31. The van der Waals surface area contributed by atoms with Gasteiger partial charge in [-0.05, 0) is 43.7 Å². The van der Waals surface area contributed by atoms with Crippen LogP contribution in [0.5, 0.6) is 0 Å². The number of fused-ring (bicyclic) bond motifs is 1. The van der Waals surface area contributed by atoms with E-state index in [-0.39, 0.29) is 5.54 Å². The molecular formula is C17H22N2S. The third-order valence-corrected chi connectivity index (χ3v) is 5.66. The van der Waals surface area contributed by atoms with Crippen LogP contribution in [0.2, 0.25) is 0 Å². The van der Waals surface area contributed by atoms with Crippen LogP contribution in [0.3, 0.4) is 0 Å². The van der Waals surface area contributed by atoms with Crippen LogP contribution in [0.1, 0.15) is 52.4 Å². The van der Waals surface area contributed by atoms with E-state index in [4.69, 9.17) is 5.73 Å². The maximum absolute atomic E-state index is 6.79. The molecule has 0 bridgehead atoms. The fourth-order valence-electron chi connectivity index (χ4n) is 3.21. The minimum Gasteiger partial charge on any atom is -0.321 e. The summed E-state index contributed by atoms with van der Waals surface area (Å²) in [5.41, 5.74) is 10.4. The molecule has 1 aromatic carbocycles. The molecule has 0 spiro atoms. The zero-order chi connectivity index (χ0) is 14.3. The number of aromatic nitrogens is 1. The van der Waals surface area contributed by atoms with Gasteiger partial charge in [0, 0.05) is 16.8 Å². The lowest BCUT2D eigenvalue weighted by atomic mass is 9.71. The van der Waals surface area contributed by atoms with Crippen LogP contribution in [0.25, 0.3) is 0 Å². The summed E-state index contributed by atoms with van der Waals surface area (Å²) in [6.45, 7) is 6.52. The number of aryl methyl sites for hydroxylation is 2. The van der Waals surface area contributed by atoms with Crippen LogP contribution in [-0.4, -0.2) is 4.98 Å². The third-order valence-electron chi connectivity index (χ3n) is 4.59. The number of benzene rings is 1. The molecule has 0 amide bonds. The van der Waals surface area contributed by atoms with Crippen molar-refractivity contribution in [2.75, 3.05) is 0 Å². The van der Waals surface area contributed by atoms with E-state index in [2.05, 4.69) is 50.0 Å². The maximum Gasteiger partial charge on any atom is 0.0952 e. The summed E-state index contributed by atoms with van der Waals surface area (Å²) in [6, 6.07) is 8.67. The molecule has 1 heterocycles. The molecule has 2 aromatic rings. The van der Waals surface area contributed by atoms with Gasteiger partial charge in [-0.1, -0.05) is 31.2 Å². The Morgan fingerprint density at radius 1 is 1.35 bits per heavy atom. The number of hydrogen-bond acceptors (Lipinski definition) is 3. The van der Waals surface area contributed by atoms with Crippen molar-refractivity contribution < 1.29 is 0 Å². The van der Waals surface area contributed by atoms with Crippen LogP contribution in [-0.2, 0) is 12.0 Å². The molecular weight excluding hydrogens is 264 g/mol. The highest BCUT2D eigenvalue weighted by atomic mass is 32.1. The lowest BCUT2D eigenvalue weighted by Crippen LogP contribution is -2.42. The van der Waals surface area contributed by atoms with Gasteiger partial charge >= 0.3 is 0 Å². The summed E-state index contributed by atoms with van der Waals surface area (Å²) in [4.78, 5) is 5.99. The van der Waals surface area contributed by atoms with E-state index in [1.54, 1.807) is 11.3 Å². The van der Waals surface area contributed by atoms with E-state index >= 15 is 0 Å². The molecule has 3 rings (SSSR count). The molecule has 1 aromatic heterocycles. The Labute approximate surface area is 125 Å². The Bertz CT molecular complexity index is 612. The minimum absolute atomic E-state index is 0.250. The predicted octanol–water partition coefficient (Wildman–Crippen LogP) is 4.05. The number of thiazole rings is 1. The standard InChI is InChI=1S/C17H22N2S/c1-11-8-9-17(18,15-7-5-4-6-14(11)15)10-16-19-12(2)13(3)20-16/h4-7,11H,8-10,18H2,1-3H3. The summed E-state index contributed by atoms with van der Waals surface area (Å²) >= 11 is 1.79. The van der Waals surface area contributed by atoms with E-state index in [9.17, 15) is 0 Å². The Balaban J connectivity index is 1.98. The molecule has 2 atom stereocenters. The zero-order valence-electron chi connectivity index (χ0n) is 12.4. The quantitative estimate of drug-likeness (QED) is 0.904. The number of nitrogens with zero attached hydrogens (tertiary/aromatic N) is 1. The van der Waals surface area contributed by atoms with E-state index in [0.717, 1.165) is 25.0 Å². The van der Waals surface area contributed by atoms with Gasteiger partial charge in [0.05, 0.1) is 10.7 Å². The van der Waals surface area contributed by atoms with Gasteiger partial charge in [0.2, 0.25) is 0 Å². The van der Waals surface area contributed by atoms with Gasteiger partial charge in [0.15, 0.2) is 0 Å². The second kappa shape index (κ2) is 4.97. The minimum atomic E-state index is -0.250. The summed E-state index contributed by atoms with van der Waals surface area (Å²) in [5, 5.41) is 1.17. The molecule has 0 saturated carbocycles. The fourth-order valence-corrected chi connectivity index (χ4v) is 4.27. The monoisotopic (exact) mass is 286 g/mol. The Hall–Kier alpha value is -1.19. The largest absolute Gasteiger partial charge is 0.321 e. The molecule has 0 fully saturated rings. The Morgan fingerprint density at radius 2 is 2.10 bits per heavy atom. The van der Waals surface area contributed by atoms with Crippen molar-refractivity contribution in [3.8, 4) is 0 Å². The summed E-state index contributed by atoms with van der Waals surface area (Å²) < 4.78 is 0. The number of hydrogen-bond donors (Lipinski definition) is 1. The summed E-state index contributed by atoms with van der Waals surface area (Å²) in [7, 11) is 0. The second-order valence-corrected chi connectivity index (χ2v) is 7.40. The third kappa shape index (κ3) is 2.29. The molecule has 2 N–H and O–H groups in total. The highest BCUT2D eigenvalue weighted by Crippen LogP contribution is 2.41. The normalized spacial score (nSPS) is 25.5. The molecule has 3 heteroatoms. The molecule has 0 radical (unpaired) electrons. The first kappa shape index (κ1) is 13.8. The average Bonchev–Trinajstić information content (AvgIpc) is 2.73. The molecule has 2 unspecified atom stereocenters. The lowest BCUT2D eigenvalue weighted by molar-refractivity contribution is 0.348. The molecule has 20 heavy (non-hydrogen) atoms. The highest BCUT2D eigenvalue weighted by Gasteiger charge is 2.36. The molecule has 2 nitrogen and oxygen atoms in total. The average molecular weight is 286 g/mol. The second-order valence-electron chi connectivity index (χ2n) is 6.11. The van der Waals surface area contributed by atoms with E-state index in [1.165, 1.54) is 21.0 Å². The van der Waals surface area contributed by atoms with Gasteiger partial charge < -0.3 is 5.73 Å². The lowest BCUT2D eigenvalue weighted by Gasteiger charge is -2.38. The van der Waals surface area contributed by atoms with Crippen molar-refractivity contribution in [2.24, 2.45) is 5.73 Å². The van der Waals surface area contributed by atoms with Crippen molar-refractivity contribution in [3.05, 3.63) is 51.0 Å². The Morgan fingerprint density at radius 3 is 2.80 bits per heavy atom. The van der Waals surface area contributed by atoms with Crippen LogP contribution in [0.4, 0.5) is 0 Å². The molecule has 1 aliphatic carbocycles. The van der Waals surface area contributed by atoms with Gasteiger partial charge in [-0.25, -0.2) is 4.98 Å². The fraction of sp³-hybridized carbons (Fsp3) is 0.471. The van der Waals surface area contributed by atoms with Gasteiger partial charge in [0.25, 0.3) is 0 Å². The highest BCUT2D eigenvalue weighted by molar-refractivity contribution is 7.11. The summed E-state index contributed by atoms with van der Waals surface area (Å²) in [6.07, 6.45) is 3.07. The maximum atomic E-state index is 6.79. The van der Waals surface area contributed by atoms with Gasteiger partial charge in [-0.2, -0.15) is 0 Å². The van der Waals surface area contributed by atoms with Crippen LogP contribution < -0.4 is 5.73 Å². The molecule has 106 valence electrons. The molecule has 0 aliphatic heterocycles. The van der Waals surface area contributed by atoms with Crippen molar-refractivity contribution in [2.45, 2.75) is 51.5 Å². The van der Waals surface area contributed by atoms with Gasteiger partial charge in [0.1, 0.15) is 0 Å². The van der Waals surface area contributed by atoms with Crippen LogP contribution in [0, 0.1) is 13.8 Å². The number of rotatable bonds is 2. The SMILES string of the molecule is Cc1nc(CC2(N)CCC(C)c3ccccc32)sc1C. The smallest absolute Gasteiger partial charge is 0.0952 e. The first-order chi connectivity index (χ1) is 9.49.